The van der Waals surface area contributed by atoms with E-state index in [1.807, 2.05) is 13.8 Å². The molecule has 3 saturated carbocycles. The summed E-state index contributed by atoms with van der Waals surface area (Å²) in [7, 11) is 2.16. The molecule has 3 aliphatic carbocycles. The summed E-state index contributed by atoms with van der Waals surface area (Å²) >= 11 is 0. The zero-order chi connectivity index (χ0) is 36.9. The van der Waals surface area contributed by atoms with Crippen LogP contribution in [-0.2, 0) is 19.2 Å². The summed E-state index contributed by atoms with van der Waals surface area (Å²) in [4.78, 5) is 73.8. The number of hydrogen-bond donors (Lipinski definition) is 4. The number of primary amides is 1. The molecule has 282 valence electrons. The van der Waals surface area contributed by atoms with Crippen LogP contribution in [0, 0.1) is 34.0 Å². The van der Waals surface area contributed by atoms with Gasteiger partial charge in [0.2, 0.25) is 17.6 Å². The van der Waals surface area contributed by atoms with Gasteiger partial charge in [0.25, 0.3) is 5.91 Å². The van der Waals surface area contributed by atoms with Crippen molar-refractivity contribution in [2.24, 2.45) is 39.7 Å². The molecule has 0 aromatic heterocycles. The van der Waals surface area contributed by atoms with Gasteiger partial charge in [0.05, 0.1) is 6.04 Å². The number of rotatable bonds is 13. The van der Waals surface area contributed by atoms with Gasteiger partial charge in [-0.3, -0.25) is 29.0 Å². The van der Waals surface area contributed by atoms with Crippen LogP contribution < -0.4 is 21.7 Å². The van der Waals surface area contributed by atoms with E-state index in [1.54, 1.807) is 4.90 Å². The highest BCUT2D eigenvalue weighted by Crippen LogP contribution is 2.88. The van der Waals surface area contributed by atoms with E-state index in [-0.39, 0.29) is 45.9 Å². The van der Waals surface area contributed by atoms with Crippen molar-refractivity contribution in [2.45, 2.75) is 143 Å². The van der Waals surface area contributed by atoms with E-state index in [0.29, 0.717) is 38.0 Å². The summed E-state index contributed by atoms with van der Waals surface area (Å²) in [6, 6.07) is -2.36. The Bertz CT molecular complexity index is 1310. The minimum absolute atomic E-state index is 0.0545. The van der Waals surface area contributed by atoms with Gasteiger partial charge in [-0.15, -0.1) is 0 Å². The van der Waals surface area contributed by atoms with Crippen molar-refractivity contribution in [3.8, 4) is 0 Å². The molecule has 7 atom stereocenters. The van der Waals surface area contributed by atoms with Gasteiger partial charge in [0, 0.05) is 49.7 Å². The summed E-state index contributed by atoms with van der Waals surface area (Å²) in [5, 5.41) is 9.09. The van der Waals surface area contributed by atoms with Crippen molar-refractivity contribution in [1.29, 1.82) is 0 Å². The number of nitrogens with two attached hydrogens (primary N) is 1. The number of likely N-dealkylation sites (tertiary alicyclic amines) is 1. The molecule has 5 aliphatic rings. The zero-order valence-electron chi connectivity index (χ0n) is 32.1. The van der Waals surface area contributed by atoms with Gasteiger partial charge >= 0.3 is 6.03 Å². The van der Waals surface area contributed by atoms with Crippen molar-refractivity contribution in [2.75, 3.05) is 33.2 Å². The quantitative estimate of drug-likeness (QED) is 0.216. The number of Topliss-reactive ketones (excluding diaryl/α,β-unsaturated/α-hetero) is 1. The minimum Gasteiger partial charge on any atom is -0.363 e. The number of likely N-dealkylation sites (N-methyl/N-ethyl adjacent to an activating group) is 1. The number of carbonyl (C=O) groups excluding carboxylic acids is 5. The Hall–Kier alpha value is -2.73. The number of piperazine rings is 1. The molecule has 5 unspecified atom stereocenters. The zero-order valence-corrected chi connectivity index (χ0v) is 32.1. The van der Waals surface area contributed by atoms with Crippen LogP contribution in [0.4, 0.5) is 4.79 Å². The van der Waals surface area contributed by atoms with Gasteiger partial charge in [-0.05, 0) is 75.2 Å². The van der Waals surface area contributed by atoms with Crippen LogP contribution in [0.25, 0.3) is 0 Å². The molecule has 2 saturated heterocycles. The molecule has 5 amide bonds. The van der Waals surface area contributed by atoms with Crippen LogP contribution in [-0.4, -0.2) is 114 Å². The Morgan fingerprint density at radius 1 is 0.860 bits per heavy atom. The summed E-state index contributed by atoms with van der Waals surface area (Å²) in [6.45, 7) is 20.0. The Kier molecular flexibility index (Phi) is 11.1. The van der Waals surface area contributed by atoms with Crippen molar-refractivity contribution in [3.05, 3.63) is 0 Å². The lowest BCUT2D eigenvalue weighted by molar-refractivity contribution is -0.142. The van der Waals surface area contributed by atoms with E-state index >= 15 is 0 Å². The molecule has 0 aromatic rings. The topological polar surface area (TPSA) is 157 Å². The number of urea groups is 1. The first-order chi connectivity index (χ1) is 23.4. The third-order valence-electron chi connectivity index (χ3n) is 14.3. The molecular formula is C38H65N7O5. The number of nitrogens with zero attached hydrogens (tertiary/aromatic N) is 3. The minimum atomic E-state index is -1.06. The molecule has 0 radical (unpaired) electrons. The van der Waals surface area contributed by atoms with Gasteiger partial charge in [0.15, 0.2) is 0 Å². The second-order valence-electron chi connectivity index (χ2n) is 17.9. The van der Waals surface area contributed by atoms with Crippen LogP contribution >= 0.6 is 0 Å². The first-order valence-electron chi connectivity index (χ1n) is 19.3. The fraction of sp³-hybridized carbons (Fsp3) is 0.868. The van der Waals surface area contributed by atoms with Gasteiger partial charge in [-0.25, -0.2) is 4.79 Å². The van der Waals surface area contributed by atoms with Crippen molar-refractivity contribution in [1.82, 2.24) is 30.7 Å². The third kappa shape index (κ3) is 6.79. The molecule has 2 aliphatic heterocycles. The lowest BCUT2D eigenvalue weighted by Crippen LogP contribution is -2.61. The van der Waals surface area contributed by atoms with Gasteiger partial charge in [-0.1, -0.05) is 67.2 Å². The molecule has 12 nitrogen and oxygen atoms in total. The number of fused-ring (bicyclic) bond motifs is 1. The van der Waals surface area contributed by atoms with Crippen LogP contribution in [0.3, 0.4) is 0 Å². The molecule has 2 heterocycles. The molecule has 0 bridgehead atoms. The average molecular weight is 700 g/mol. The second kappa shape index (κ2) is 14.4. The van der Waals surface area contributed by atoms with E-state index in [1.165, 1.54) is 0 Å². The highest BCUT2D eigenvalue weighted by Gasteiger charge is 2.85. The lowest BCUT2D eigenvalue weighted by Gasteiger charge is -2.44. The monoisotopic (exact) mass is 700 g/mol. The van der Waals surface area contributed by atoms with E-state index in [4.69, 9.17) is 5.73 Å². The Balaban J connectivity index is 1.33. The van der Waals surface area contributed by atoms with Crippen LogP contribution in [0.15, 0.2) is 0 Å². The number of amides is 5. The summed E-state index contributed by atoms with van der Waals surface area (Å²) in [5.41, 5.74) is 5.21. The summed E-state index contributed by atoms with van der Waals surface area (Å²) in [5.74, 6) is -2.37. The van der Waals surface area contributed by atoms with E-state index < -0.39 is 41.8 Å². The van der Waals surface area contributed by atoms with Crippen molar-refractivity contribution < 1.29 is 24.0 Å². The predicted molar refractivity (Wildman–Crippen MR) is 193 cm³/mol. The summed E-state index contributed by atoms with van der Waals surface area (Å²) < 4.78 is 0. The molecule has 5 rings (SSSR count). The van der Waals surface area contributed by atoms with Gasteiger partial charge < -0.3 is 26.6 Å². The molecule has 5 fully saturated rings. The third-order valence-corrected chi connectivity index (χ3v) is 14.3. The standard InChI is InChI=1S/C38H65N7O5/c1-22(2)28(20-44-18-24(5)43(9)25(6)19-44)41-35(50)42-30(23(3)4)34(49)45-21-38(36(7,8)37(38)14-11-15-37)17-29(45)33(48)40-27(31(46)32(39)47)16-26-12-10-13-26/h22-30H,10-21H2,1-9H3,(H2,39,47)(H,40,48)(H2,41,42,50)/t24-,25+,27?,28?,29?,30?,38?. The van der Waals surface area contributed by atoms with Crippen molar-refractivity contribution in [3.63, 3.8) is 0 Å². The molecular weight excluding hydrogens is 634 g/mol. The second-order valence-corrected chi connectivity index (χ2v) is 17.9. The fourth-order valence-corrected chi connectivity index (χ4v) is 10.2. The van der Waals surface area contributed by atoms with E-state index in [0.717, 1.165) is 51.6 Å². The normalized spacial score (nSPS) is 30.8. The Labute approximate surface area is 299 Å². The molecule has 12 heteroatoms. The van der Waals surface area contributed by atoms with Crippen LogP contribution in [0.1, 0.15) is 107 Å². The van der Waals surface area contributed by atoms with Crippen LogP contribution in [0.2, 0.25) is 0 Å². The van der Waals surface area contributed by atoms with E-state index in [2.05, 4.69) is 74.3 Å². The summed E-state index contributed by atoms with van der Waals surface area (Å²) in [6.07, 6.45) is 7.08. The van der Waals surface area contributed by atoms with E-state index in [9.17, 15) is 24.0 Å². The maximum Gasteiger partial charge on any atom is 0.315 e. The number of carbonyl (C=O) groups is 5. The SMILES string of the molecule is CC(C)C(CN1C[C@@H](C)N(C)[C@@H](C)C1)NC(=O)NC(C(=O)N1CC2(CC1C(=O)NC(CC1CCC1)C(=O)C(N)=O)C(C)(C)C21CCC1)C(C)C. The fourth-order valence-electron chi connectivity index (χ4n) is 10.2. The number of nitrogens with one attached hydrogen (secondary N) is 3. The highest BCUT2D eigenvalue weighted by molar-refractivity contribution is 6.37. The Morgan fingerprint density at radius 3 is 1.94 bits per heavy atom. The average Bonchev–Trinajstić information content (AvgIpc) is 3.21. The van der Waals surface area contributed by atoms with Gasteiger partial charge in [0.1, 0.15) is 12.1 Å². The molecule has 0 aromatic carbocycles. The lowest BCUT2D eigenvalue weighted by atomic mass is 9.73. The predicted octanol–water partition coefficient (Wildman–Crippen LogP) is 2.89. The maximum atomic E-state index is 14.6. The first kappa shape index (κ1) is 38.5. The van der Waals surface area contributed by atoms with Crippen LogP contribution in [0.5, 0.6) is 0 Å². The number of ketones is 1. The van der Waals surface area contributed by atoms with Crippen molar-refractivity contribution >= 4 is 29.5 Å². The molecule has 2 spiro atoms. The smallest absolute Gasteiger partial charge is 0.315 e. The first-order valence-corrected chi connectivity index (χ1v) is 19.3. The molecule has 50 heavy (non-hydrogen) atoms. The number of hydrogen-bond acceptors (Lipinski definition) is 7. The molecule has 5 N–H and O–H groups in total. The van der Waals surface area contributed by atoms with Gasteiger partial charge in [-0.2, -0.15) is 0 Å². The Morgan fingerprint density at radius 2 is 1.48 bits per heavy atom. The largest absolute Gasteiger partial charge is 0.363 e. The maximum absolute atomic E-state index is 14.6. The highest BCUT2D eigenvalue weighted by atomic mass is 16.2.